The van der Waals surface area contributed by atoms with Crippen molar-refractivity contribution in [2.45, 2.75) is 68.3 Å². The maximum Gasteiger partial charge on any atom is 0.217 e. The van der Waals surface area contributed by atoms with Gasteiger partial charge in [-0.2, -0.15) is 0 Å². The fraction of sp³-hybridized carbons (Fsp3) is 0.929. The Bertz CT molecular complexity index is 478. The first-order chi connectivity index (χ1) is 12.2. The number of hydrogen-bond donors (Lipinski definition) is 8. The maximum atomic E-state index is 11.4. The van der Waals surface area contributed by atoms with Crippen LogP contribution in [0.5, 0.6) is 0 Å². The quantitative estimate of drug-likeness (QED) is 0.226. The molecule has 26 heavy (non-hydrogen) atoms. The van der Waals surface area contributed by atoms with E-state index in [0.717, 1.165) is 6.92 Å². The van der Waals surface area contributed by atoms with Gasteiger partial charge in [0.2, 0.25) is 5.91 Å². The van der Waals surface area contributed by atoms with Gasteiger partial charge in [-0.3, -0.25) is 4.79 Å². The number of aliphatic hydroxyl groups is 7. The number of amides is 1. The summed E-state index contributed by atoms with van der Waals surface area (Å²) in [5.74, 6) is -0.574. The molecular formula is C14H25NO11. The lowest BCUT2D eigenvalue weighted by Crippen LogP contribution is -2.67. The Kier molecular flexibility index (Phi) is 7.27. The number of carbonyl (C=O) groups excluding carboxylic acids is 1. The van der Waals surface area contributed by atoms with Crippen molar-refractivity contribution in [1.29, 1.82) is 0 Å². The highest BCUT2D eigenvalue weighted by Crippen LogP contribution is 2.28. The van der Waals surface area contributed by atoms with E-state index in [1.165, 1.54) is 0 Å². The fourth-order valence-electron chi connectivity index (χ4n) is 2.98. The van der Waals surface area contributed by atoms with Gasteiger partial charge in [0, 0.05) is 6.92 Å². The second-order valence-corrected chi connectivity index (χ2v) is 6.26. The van der Waals surface area contributed by atoms with Gasteiger partial charge < -0.3 is 55.3 Å². The van der Waals surface area contributed by atoms with Gasteiger partial charge >= 0.3 is 0 Å². The average molecular weight is 383 g/mol. The Morgan fingerprint density at radius 2 is 1.54 bits per heavy atom. The molecule has 0 radical (unpaired) electrons. The van der Waals surface area contributed by atoms with Gasteiger partial charge in [-0.1, -0.05) is 0 Å². The molecule has 0 unspecified atom stereocenters. The zero-order chi connectivity index (χ0) is 19.6. The third-order valence-electron chi connectivity index (χ3n) is 4.38. The molecule has 0 aliphatic carbocycles. The highest BCUT2D eigenvalue weighted by molar-refractivity contribution is 5.73. The van der Waals surface area contributed by atoms with Crippen molar-refractivity contribution in [3.63, 3.8) is 0 Å². The van der Waals surface area contributed by atoms with Gasteiger partial charge in [0.25, 0.3) is 0 Å². The molecule has 8 N–H and O–H groups in total. The van der Waals surface area contributed by atoms with Crippen LogP contribution in [0.25, 0.3) is 0 Å². The molecule has 2 fully saturated rings. The van der Waals surface area contributed by atoms with E-state index in [2.05, 4.69) is 5.32 Å². The summed E-state index contributed by atoms with van der Waals surface area (Å²) < 4.78 is 15.8. The minimum Gasteiger partial charge on any atom is -0.394 e. The number of ether oxygens (including phenoxy) is 3. The molecule has 2 aliphatic heterocycles. The van der Waals surface area contributed by atoms with Crippen LogP contribution in [0.1, 0.15) is 6.92 Å². The van der Waals surface area contributed by atoms with Gasteiger partial charge in [-0.25, -0.2) is 0 Å². The second-order valence-electron chi connectivity index (χ2n) is 6.26. The van der Waals surface area contributed by atoms with Gasteiger partial charge in [0.05, 0.1) is 13.2 Å². The first-order valence-electron chi connectivity index (χ1n) is 8.06. The summed E-state index contributed by atoms with van der Waals surface area (Å²) in [7, 11) is 0. The molecular weight excluding hydrogens is 358 g/mol. The zero-order valence-electron chi connectivity index (χ0n) is 14.0. The van der Waals surface area contributed by atoms with Crippen LogP contribution in [0.2, 0.25) is 0 Å². The van der Waals surface area contributed by atoms with Crippen LogP contribution in [-0.2, 0) is 19.0 Å². The molecule has 12 heteroatoms. The van der Waals surface area contributed by atoms with E-state index in [-0.39, 0.29) is 0 Å². The second kappa shape index (κ2) is 8.84. The van der Waals surface area contributed by atoms with E-state index in [1.807, 2.05) is 0 Å². The number of rotatable bonds is 5. The molecule has 2 rings (SSSR count). The van der Waals surface area contributed by atoms with Gasteiger partial charge in [0.1, 0.15) is 48.8 Å². The molecule has 152 valence electrons. The van der Waals surface area contributed by atoms with Crippen LogP contribution >= 0.6 is 0 Å². The smallest absolute Gasteiger partial charge is 0.217 e. The number of carbonyl (C=O) groups is 1. The molecule has 0 aromatic rings. The lowest BCUT2D eigenvalue weighted by Gasteiger charge is -2.46. The minimum absolute atomic E-state index is 0.574. The van der Waals surface area contributed by atoms with Crippen LogP contribution in [-0.4, -0.2) is 116 Å². The predicted molar refractivity (Wildman–Crippen MR) is 80.2 cm³/mol. The predicted octanol–water partition coefficient (Wildman–Crippen LogP) is -5.25. The van der Waals surface area contributed by atoms with Crippen LogP contribution in [0.3, 0.4) is 0 Å². The summed E-state index contributed by atoms with van der Waals surface area (Å²) >= 11 is 0. The third kappa shape index (κ3) is 4.31. The Hall–Kier alpha value is -0.930. The summed E-state index contributed by atoms with van der Waals surface area (Å²) in [6.45, 7) is -0.194. The largest absolute Gasteiger partial charge is 0.394 e. The molecule has 0 spiro atoms. The Morgan fingerprint density at radius 1 is 0.923 bits per heavy atom. The van der Waals surface area contributed by atoms with Crippen molar-refractivity contribution >= 4 is 5.91 Å². The lowest BCUT2D eigenvalue weighted by molar-refractivity contribution is -0.341. The van der Waals surface area contributed by atoms with E-state index < -0.39 is 80.5 Å². The molecule has 10 atom stereocenters. The minimum atomic E-state index is -1.75. The van der Waals surface area contributed by atoms with Crippen LogP contribution < -0.4 is 5.32 Å². The summed E-state index contributed by atoms with van der Waals surface area (Å²) in [4.78, 5) is 11.4. The monoisotopic (exact) mass is 383 g/mol. The molecule has 0 aromatic heterocycles. The van der Waals surface area contributed by atoms with E-state index in [1.54, 1.807) is 0 Å². The van der Waals surface area contributed by atoms with E-state index in [4.69, 9.17) is 14.2 Å². The zero-order valence-corrected chi connectivity index (χ0v) is 14.0. The van der Waals surface area contributed by atoms with Gasteiger partial charge in [-0.05, 0) is 0 Å². The fourth-order valence-corrected chi connectivity index (χ4v) is 2.98. The highest BCUT2D eigenvalue weighted by atomic mass is 16.7. The molecule has 2 saturated heterocycles. The first kappa shape index (κ1) is 21.4. The highest BCUT2D eigenvalue weighted by Gasteiger charge is 2.50. The number of aliphatic hydroxyl groups excluding tert-OH is 7. The van der Waals surface area contributed by atoms with Crippen molar-refractivity contribution in [3.05, 3.63) is 0 Å². The molecule has 1 amide bonds. The van der Waals surface area contributed by atoms with Gasteiger partial charge in [-0.15, -0.1) is 0 Å². The van der Waals surface area contributed by atoms with Gasteiger partial charge in [0.15, 0.2) is 12.6 Å². The van der Waals surface area contributed by atoms with Crippen LogP contribution in [0.4, 0.5) is 0 Å². The topological polar surface area (TPSA) is 198 Å². The summed E-state index contributed by atoms with van der Waals surface area (Å²) in [6, 6.07) is -1.28. The van der Waals surface area contributed by atoms with Crippen molar-refractivity contribution in [1.82, 2.24) is 5.32 Å². The van der Waals surface area contributed by atoms with Crippen LogP contribution in [0, 0.1) is 0 Å². The summed E-state index contributed by atoms with van der Waals surface area (Å²) in [5, 5.41) is 70.5. The Balaban J connectivity index is 2.22. The number of nitrogens with one attached hydrogen (secondary N) is 1. The van der Waals surface area contributed by atoms with Crippen molar-refractivity contribution in [3.8, 4) is 0 Å². The molecule has 2 aliphatic rings. The van der Waals surface area contributed by atoms with E-state index >= 15 is 0 Å². The first-order valence-corrected chi connectivity index (χ1v) is 8.06. The van der Waals surface area contributed by atoms with Crippen LogP contribution in [0.15, 0.2) is 0 Å². The average Bonchev–Trinajstić information content (AvgIpc) is 2.60. The summed E-state index contributed by atoms with van der Waals surface area (Å²) in [6.07, 6.45) is -13.6. The van der Waals surface area contributed by atoms with Crippen molar-refractivity contribution in [2.75, 3.05) is 13.2 Å². The maximum absolute atomic E-state index is 11.4. The molecule has 0 aromatic carbocycles. The Labute approximate surface area is 148 Å². The van der Waals surface area contributed by atoms with E-state index in [9.17, 15) is 40.5 Å². The molecule has 0 saturated carbocycles. The summed E-state index contributed by atoms with van der Waals surface area (Å²) in [5.41, 5.74) is 0. The van der Waals surface area contributed by atoms with E-state index in [0.29, 0.717) is 0 Å². The normalized spacial score (nSPS) is 46.8. The van der Waals surface area contributed by atoms with Crippen molar-refractivity contribution < 1.29 is 54.8 Å². The standard InChI is InChI=1S/C14H25NO11/c1-4(18)15-7-9(20)8(19)5(2-16)25-14(7)26-12-6(3-17)24-13(23)11(22)10(12)21/h5-14,16-17,19-23H,2-3H2,1H3,(H,15,18)/t5-,6-,7-,8-,9-,10-,11-,12-,13-,14+/m1/s1. The van der Waals surface area contributed by atoms with Crippen molar-refractivity contribution in [2.24, 2.45) is 0 Å². The third-order valence-corrected chi connectivity index (χ3v) is 4.38. The Morgan fingerprint density at radius 3 is 2.08 bits per heavy atom. The lowest BCUT2D eigenvalue weighted by atomic mass is 9.95. The SMILES string of the molecule is CC(=O)N[C@H]1[C@H](O[C@H]2[C@H](O)[C@@H](O)[C@H](O)O[C@@H]2CO)O[C@H](CO)[C@@H](O)[C@@H]1O. The molecule has 12 nitrogen and oxygen atoms in total. The number of hydrogen-bond acceptors (Lipinski definition) is 11. The molecule has 0 bridgehead atoms. The molecule has 2 heterocycles.